The Morgan fingerprint density at radius 3 is 1.97 bits per heavy atom. The lowest BCUT2D eigenvalue weighted by atomic mass is 9.86. The highest BCUT2D eigenvalue weighted by atomic mass is 35.5. The van der Waals surface area contributed by atoms with Gasteiger partial charge in [0, 0.05) is 19.5 Å². The number of hydrogen-bond donors (Lipinski definition) is 1. The van der Waals surface area contributed by atoms with Crippen molar-refractivity contribution in [3.63, 3.8) is 0 Å². The van der Waals surface area contributed by atoms with Crippen LogP contribution in [0.5, 0.6) is 0 Å². The van der Waals surface area contributed by atoms with Crippen molar-refractivity contribution in [2.24, 2.45) is 0 Å². The molecular formula is C26H30ClNO2. The van der Waals surface area contributed by atoms with Crippen molar-refractivity contribution in [1.29, 1.82) is 0 Å². The van der Waals surface area contributed by atoms with Gasteiger partial charge in [0.2, 0.25) is 0 Å². The Morgan fingerprint density at radius 2 is 1.40 bits per heavy atom. The summed E-state index contributed by atoms with van der Waals surface area (Å²) in [7, 11) is 0. The first-order chi connectivity index (χ1) is 14.2. The minimum atomic E-state index is -0.683. The second-order valence-corrected chi connectivity index (χ2v) is 8.03. The normalized spacial score (nSPS) is 15.7. The van der Waals surface area contributed by atoms with Crippen LogP contribution in [0.4, 0.5) is 0 Å². The molecule has 4 heteroatoms. The number of rotatable bonds is 6. The van der Waals surface area contributed by atoms with E-state index in [0.29, 0.717) is 6.42 Å². The molecule has 0 saturated carbocycles. The fourth-order valence-corrected chi connectivity index (χ4v) is 4.53. The van der Waals surface area contributed by atoms with Crippen LogP contribution in [0.1, 0.15) is 60.8 Å². The molecule has 1 heterocycles. The summed E-state index contributed by atoms with van der Waals surface area (Å²) >= 11 is 0. The first-order valence-electron chi connectivity index (χ1n) is 10.8. The Bertz CT molecular complexity index is 886. The highest BCUT2D eigenvalue weighted by Crippen LogP contribution is 2.38. The minimum absolute atomic E-state index is 0. The number of carboxylic acids is 1. The summed E-state index contributed by atoms with van der Waals surface area (Å²) < 4.78 is 0. The molecule has 2 aromatic carbocycles. The largest absolute Gasteiger partial charge is 0.481 e. The Labute approximate surface area is 185 Å². The molecule has 0 bridgehead atoms. The molecule has 2 aromatic rings. The molecule has 1 fully saturated rings. The summed E-state index contributed by atoms with van der Waals surface area (Å²) in [6, 6.07) is 17.5. The van der Waals surface area contributed by atoms with E-state index in [2.05, 4.69) is 65.6 Å². The van der Waals surface area contributed by atoms with Gasteiger partial charge < -0.3 is 10.0 Å². The summed E-state index contributed by atoms with van der Waals surface area (Å²) in [5.41, 5.74) is 8.30. The average Bonchev–Trinajstić information content (AvgIpc) is 2.91. The molecule has 0 radical (unpaired) electrons. The van der Waals surface area contributed by atoms with Gasteiger partial charge in [0.25, 0.3) is 0 Å². The third-order valence-corrected chi connectivity index (χ3v) is 6.08. The van der Waals surface area contributed by atoms with Gasteiger partial charge in [0.05, 0.1) is 0 Å². The molecule has 0 atom stereocenters. The van der Waals surface area contributed by atoms with Crippen molar-refractivity contribution in [3.8, 4) is 0 Å². The first kappa shape index (κ1) is 22.3. The quantitative estimate of drug-likeness (QED) is 0.484. The summed E-state index contributed by atoms with van der Waals surface area (Å²) in [5.74, 6) is -0.683. The lowest BCUT2D eigenvalue weighted by Crippen LogP contribution is -2.32. The van der Waals surface area contributed by atoms with Crippen LogP contribution < -0.4 is 0 Å². The molecule has 0 spiro atoms. The third kappa shape index (κ3) is 5.21. The molecular weight excluding hydrogens is 394 g/mol. The number of carbonyl (C=O) groups is 1. The van der Waals surface area contributed by atoms with Crippen LogP contribution in [0.15, 0.2) is 54.1 Å². The Morgan fingerprint density at radius 1 is 0.833 bits per heavy atom. The van der Waals surface area contributed by atoms with Crippen LogP contribution in [0.25, 0.3) is 17.7 Å². The number of halogens is 1. The van der Waals surface area contributed by atoms with Crippen LogP contribution in [-0.4, -0.2) is 35.6 Å². The van der Waals surface area contributed by atoms with E-state index in [0.717, 1.165) is 51.7 Å². The van der Waals surface area contributed by atoms with Crippen molar-refractivity contribution in [2.75, 3.05) is 19.6 Å². The molecule has 0 amide bonds. The smallest absolute Gasteiger partial charge is 0.303 e. The maximum Gasteiger partial charge on any atom is 0.303 e. The highest BCUT2D eigenvalue weighted by Gasteiger charge is 2.22. The number of nitrogens with zero attached hydrogens (tertiary/aromatic N) is 1. The van der Waals surface area contributed by atoms with E-state index in [1.54, 1.807) is 5.57 Å². The second-order valence-electron chi connectivity index (χ2n) is 8.03. The second kappa shape index (κ2) is 10.6. The zero-order valence-electron chi connectivity index (χ0n) is 17.3. The maximum atomic E-state index is 10.6. The predicted octanol–water partition coefficient (Wildman–Crippen LogP) is 6.13. The monoisotopic (exact) mass is 423 g/mol. The fraction of sp³-hybridized carbons (Fsp3) is 0.346. The molecule has 1 aliphatic heterocycles. The standard InChI is InChI=1S/C26H29NO2.ClH/c28-25(29)12-2-1-7-17-27-18-15-22(16-19-27)26-23-10-5-3-8-20(23)13-14-21-9-4-6-11-24(21)26;/h3-6,8-11,13-14H,1-2,7,12,15-19H2,(H,28,29);1H. The van der Waals surface area contributed by atoms with Crippen molar-refractivity contribution >= 4 is 36.1 Å². The van der Waals surface area contributed by atoms with Gasteiger partial charge in [-0.2, -0.15) is 0 Å². The number of hydrogen-bond acceptors (Lipinski definition) is 2. The van der Waals surface area contributed by atoms with Gasteiger partial charge in [-0.1, -0.05) is 72.7 Å². The van der Waals surface area contributed by atoms with Gasteiger partial charge >= 0.3 is 5.97 Å². The first-order valence-corrected chi connectivity index (χ1v) is 10.8. The topological polar surface area (TPSA) is 40.5 Å². The fourth-order valence-electron chi connectivity index (χ4n) is 4.53. The molecule has 3 nitrogen and oxygen atoms in total. The van der Waals surface area contributed by atoms with Crippen molar-refractivity contribution < 1.29 is 9.90 Å². The number of carboxylic acid groups (broad SMARTS) is 1. The van der Waals surface area contributed by atoms with E-state index >= 15 is 0 Å². The van der Waals surface area contributed by atoms with E-state index < -0.39 is 5.97 Å². The number of likely N-dealkylation sites (tertiary alicyclic amines) is 1. The number of benzene rings is 2. The van der Waals surface area contributed by atoms with E-state index in [9.17, 15) is 4.79 Å². The van der Waals surface area contributed by atoms with Crippen molar-refractivity contribution in [2.45, 2.75) is 38.5 Å². The van der Waals surface area contributed by atoms with Gasteiger partial charge in [0.15, 0.2) is 0 Å². The van der Waals surface area contributed by atoms with E-state index in [4.69, 9.17) is 5.11 Å². The molecule has 1 aliphatic carbocycles. The van der Waals surface area contributed by atoms with Crippen LogP contribution in [0, 0.1) is 0 Å². The average molecular weight is 424 g/mol. The zero-order valence-corrected chi connectivity index (χ0v) is 18.2. The van der Waals surface area contributed by atoms with Gasteiger partial charge in [-0.3, -0.25) is 4.79 Å². The third-order valence-electron chi connectivity index (χ3n) is 6.08. The van der Waals surface area contributed by atoms with Gasteiger partial charge in [-0.15, -0.1) is 12.4 Å². The lowest BCUT2D eigenvalue weighted by Gasteiger charge is -2.30. The van der Waals surface area contributed by atoms with E-state index in [1.807, 2.05) is 0 Å². The molecule has 0 unspecified atom stereocenters. The SMILES string of the molecule is Cl.O=C(O)CCCCCN1CCC(=C2c3ccccc3C=Cc3ccccc32)CC1. The molecule has 30 heavy (non-hydrogen) atoms. The highest BCUT2D eigenvalue weighted by molar-refractivity contribution is 5.94. The Balaban J connectivity index is 0.00000256. The number of piperidine rings is 1. The van der Waals surface area contributed by atoms with Crippen molar-refractivity contribution in [1.82, 2.24) is 4.90 Å². The zero-order chi connectivity index (χ0) is 20.1. The molecule has 4 rings (SSSR count). The van der Waals surface area contributed by atoms with Crippen LogP contribution in [-0.2, 0) is 4.79 Å². The molecule has 158 valence electrons. The number of fused-ring (bicyclic) bond motifs is 2. The number of unbranched alkanes of at least 4 members (excludes halogenated alkanes) is 2. The van der Waals surface area contributed by atoms with Crippen molar-refractivity contribution in [3.05, 3.63) is 76.4 Å². The maximum absolute atomic E-state index is 10.6. The van der Waals surface area contributed by atoms with Crippen LogP contribution >= 0.6 is 12.4 Å². The number of aliphatic carboxylic acids is 1. The molecule has 0 aromatic heterocycles. The van der Waals surface area contributed by atoms with Crippen LogP contribution in [0.2, 0.25) is 0 Å². The summed E-state index contributed by atoms with van der Waals surface area (Å²) in [4.78, 5) is 13.2. The van der Waals surface area contributed by atoms with E-state index in [1.165, 1.54) is 27.8 Å². The summed E-state index contributed by atoms with van der Waals surface area (Å²) in [5, 5.41) is 8.75. The van der Waals surface area contributed by atoms with E-state index in [-0.39, 0.29) is 12.4 Å². The molecule has 1 N–H and O–H groups in total. The molecule has 2 aliphatic rings. The van der Waals surface area contributed by atoms with Gasteiger partial charge in [-0.05, 0) is 60.1 Å². The van der Waals surface area contributed by atoms with Gasteiger partial charge in [0.1, 0.15) is 0 Å². The molecule has 1 saturated heterocycles. The summed E-state index contributed by atoms with van der Waals surface area (Å²) in [6.45, 7) is 3.27. The lowest BCUT2D eigenvalue weighted by molar-refractivity contribution is -0.137. The van der Waals surface area contributed by atoms with Gasteiger partial charge in [-0.25, -0.2) is 0 Å². The predicted molar refractivity (Wildman–Crippen MR) is 127 cm³/mol. The summed E-state index contributed by atoms with van der Waals surface area (Å²) in [6.07, 6.45) is 9.88. The Hall–Kier alpha value is -2.36. The van der Waals surface area contributed by atoms with Crippen LogP contribution in [0.3, 0.4) is 0 Å². The minimum Gasteiger partial charge on any atom is -0.481 e. The Kier molecular flexibility index (Phi) is 7.89.